The number of hydrogen-bond acceptors (Lipinski definition) is 4. The molecule has 0 aliphatic rings. The van der Waals surface area contributed by atoms with Gasteiger partial charge in [-0.15, -0.1) is 0 Å². The molecular formula is C11H10ClF3N2O4. The van der Waals surface area contributed by atoms with Gasteiger partial charge in [-0.1, -0.05) is 11.6 Å². The molecule has 21 heavy (non-hydrogen) atoms. The first-order chi connectivity index (χ1) is 9.64. The van der Waals surface area contributed by atoms with Gasteiger partial charge in [-0.2, -0.15) is 13.2 Å². The lowest BCUT2D eigenvalue weighted by Crippen LogP contribution is -2.40. The summed E-state index contributed by atoms with van der Waals surface area (Å²) in [7, 11) is 0. The summed E-state index contributed by atoms with van der Waals surface area (Å²) >= 11 is 5.61. The number of amides is 1. The molecule has 0 radical (unpaired) electrons. The topological polar surface area (TPSA) is 83.7 Å². The highest BCUT2D eigenvalue weighted by molar-refractivity contribution is 6.31. The van der Waals surface area contributed by atoms with Gasteiger partial charge in [-0.05, 0) is 6.07 Å². The Kier molecular flexibility index (Phi) is 5.50. The van der Waals surface area contributed by atoms with Gasteiger partial charge in [0.1, 0.15) is 6.54 Å². The molecule has 0 aliphatic carbocycles. The van der Waals surface area contributed by atoms with Gasteiger partial charge in [-0.25, -0.2) is 0 Å². The number of carbonyl (C=O) groups is 1. The van der Waals surface area contributed by atoms with Gasteiger partial charge < -0.3 is 10.0 Å². The molecule has 1 N–H and O–H groups in total. The SMILES string of the molecule is O=C(c1cc(Cl)cc([N+](=O)[O-])c1)N(CCO)CC(F)(F)F. The number of halogens is 4. The second-order valence-electron chi connectivity index (χ2n) is 4.02. The third-order valence-corrected chi connectivity index (χ3v) is 2.59. The van der Waals surface area contributed by atoms with Gasteiger partial charge in [0.2, 0.25) is 0 Å². The number of non-ortho nitro benzene ring substituents is 1. The molecular weight excluding hydrogens is 317 g/mol. The molecule has 116 valence electrons. The van der Waals surface area contributed by atoms with Crippen LogP contribution in [-0.4, -0.2) is 46.7 Å². The molecule has 0 aliphatic heterocycles. The van der Waals surface area contributed by atoms with Crippen LogP contribution in [-0.2, 0) is 0 Å². The highest BCUT2D eigenvalue weighted by atomic mass is 35.5. The minimum absolute atomic E-state index is 0.150. The van der Waals surface area contributed by atoms with E-state index >= 15 is 0 Å². The largest absolute Gasteiger partial charge is 0.406 e. The number of alkyl halides is 3. The predicted molar refractivity (Wildman–Crippen MR) is 67.2 cm³/mol. The van der Waals surface area contributed by atoms with Gasteiger partial charge >= 0.3 is 6.18 Å². The summed E-state index contributed by atoms with van der Waals surface area (Å²) < 4.78 is 37.1. The molecule has 0 bridgehead atoms. The van der Waals surface area contributed by atoms with Crippen molar-refractivity contribution in [1.29, 1.82) is 0 Å². The zero-order valence-electron chi connectivity index (χ0n) is 10.4. The summed E-state index contributed by atoms with van der Waals surface area (Å²) in [4.78, 5) is 22.2. The fourth-order valence-electron chi connectivity index (χ4n) is 1.58. The van der Waals surface area contributed by atoms with E-state index < -0.39 is 42.4 Å². The molecule has 0 saturated heterocycles. The van der Waals surface area contributed by atoms with Crippen molar-refractivity contribution >= 4 is 23.2 Å². The Balaban J connectivity index is 3.11. The standard InChI is InChI=1S/C11H10ClF3N2O4/c12-8-3-7(4-9(5-8)17(20)21)10(19)16(1-2-18)6-11(13,14)15/h3-5,18H,1-2,6H2. The molecule has 0 unspecified atom stereocenters. The molecule has 0 atom stereocenters. The third kappa shape index (κ3) is 5.20. The average molecular weight is 327 g/mol. The van der Waals surface area contributed by atoms with Gasteiger partial charge in [0, 0.05) is 29.3 Å². The molecule has 1 amide bonds. The number of aliphatic hydroxyl groups is 1. The molecule has 0 spiro atoms. The van der Waals surface area contributed by atoms with E-state index in [1.54, 1.807) is 0 Å². The Labute approximate surface area is 121 Å². The van der Waals surface area contributed by atoms with Crippen LogP contribution in [0.3, 0.4) is 0 Å². The minimum Gasteiger partial charge on any atom is -0.395 e. The number of hydrogen-bond donors (Lipinski definition) is 1. The summed E-state index contributed by atoms with van der Waals surface area (Å²) in [6.07, 6.45) is -4.66. The highest BCUT2D eigenvalue weighted by Gasteiger charge is 2.33. The Morgan fingerprint density at radius 1 is 1.38 bits per heavy atom. The summed E-state index contributed by atoms with van der Waals surface area (Å²) in [6.45, 7) is -2.81. The van der Waals surface area contributed by atoms with Gasteiger partial charge in [0.05, 0.1) is 11.5 Å². The number of nitro benzene ring substituents is 1. The smallest absolute Gasteiger partial charge is 0.395 e. The van der Waals surface area contributed by atoms with Crippen molar-refractivity contribution in [1.82, 2.24) is 4.90 Å². The number of nitrogens with zero attached hydrogens (tertiary/aromatic N) is 2. The number of rotatable bonds is 5. The van der Waals surface area contributed by atoms with Crippen molar-refractivity contribution in [3.8, 4) is 0 Å². The summed E-state index contributed by atoms with van der Waals surface area (Å²) in [5.41, 5.74) is -0.867. The Hall–Kier alpha value is -1.87. The summed E-state index contributed by atoms with van der Waals surface area (Å²) in [5.74, 6) is -1.10. The lowest BCUT2D eigenvalue weighted by Gasteiger charge is -2.23. The molecule has 0 heterocycles. The molecule has 1 aromatic carbocycles. The predicted octanol–water partition coefficient (Wildman–Crippen LogP) is 2.25. The van der Waals surface area contributed by atoms with Gasteiger partial charge in [0.25, 0.3) is 11.6 Å². The van der Waals surface area contributed by atoms with E-state index in [0.717, 1.165) is 18.2 Å². The second kappa shape index (κ2) is 6.72. The molecule has 0 saturated carbocycles. The van der Waals surface area contributed by atoms with E-state index in [1.165, 1.54) is 0 Å². The van der Waals surface area contributed by atoms with Crippen LogP contribution in [0.5, 0.6) is 0 Å². The van der Waals surface area contributed by atoms with E-state index in [2.05, 4.69) is 0 Å². The number of benzene rings is 1. The Bertz CT molecular complexity index is 551. The molecule has 0 fully saturated rings. The lowest BCUT2D eigenvalue weighted by atomic mass is 10.1. The normalized spacial score (nSPS) is 11.3. The van der Waals surface area contributed by atoms with Crippen LogP contribution in [0.25, 0.3) is 0 Å². The molecule has 1 aromatic rings. The first-order valence-electron chi connectivity index (χ1n) is 5.56. The molecule has 10 heteroatoms. The Morgan fingerprint density at radius 2 is 2.00 bits per heavy atom. The van der Waals surface area contributed by atoms with Gasteiger partial charge in [0.15, 0.2) is 0 Å². The summed E-state index contributed by atoms with van der Waals surface area (Å²) in [6, 6.07) is 2.82. The van der Waals surface area contributed by atoms with Crippen molar-refractivity contribution < 1.29 is 28.0 Å². The van der Waals surface area contributed by atoms with E-state index in [0.29, 0.717) is 4.90 Å². The van der Waals surface area contributed by atoms with Crippen molar-refractivity contribution in [2.24, 2.45) is 0 Å². The minimum atomic E-state index is -4.66. The van der Waals surface area contributed by atoms with Crippen molar-refractivity contribution in [2.75, 3.05) is 19.7 Å². The zero-order valence-corrected chi connectivity index (χ0v) is 11.2. The Morgan fingerprint density at radius 3 is 2.48 bits per heavy atom. The maximum atomic E-state index is 12.4. The van der Waals surface area contributed by atoms with Crippen LogP contribution < -0.4 is 0 Å². The zero-order chi connectivity index (χ0) is 16.2. The van der Waals surface area contributed by atoms with Crippen LogP contribution >= 0.6 is 11.6 Å². The van der Waals surface area contributed by atoms with Crippen molar-refractivity contribution in [3.63, 3.8) is 0 Å². The fourth-order valence-corrected chi connectivity index (χ4v) is 1.80. The monoisotopic (exact) mass is 326 g/mol. The van der Waals surface area contributed by atoms with Gasteiger partial charge in [-0.3, -0.25) is 14.9 Å². The van der Waals surface area contributed by atoms with Crippen LogP contribution in [0.2, 0.25) is 5.02 Å². The van der Waals surface area contributed by atoms with Crippen LogP contribution in [0.4, 0.5) is 18.9 Å². The maximum Gasteiger partial charge on any atom is 0.406 e. The number of nitro groups is 1. The van der Waals surface area contributed by atoms with E-state index in [9.17, 15) is 28.1 Å². The van der Waals surface area contributed by atoms with Crippen LogP contribution in [0.15, 0.2) is 18.2 Å². The maximum absolute atomic E-state index is 12.4. The van der Waals surface area contributed by atoms with E-state index in [4.69, 9.17) is 16.7 Å². The third-order valence-electron chi connectivity index (χ3n) is 2.37. The number of carbonyl (C=O) groups excluding carboxylic acids is 1. The highest BCUT2D eigenvalue weighted by Crippen LogP contribution is 2.23. The lowest BCUT2D eigenvalue weighted by molar-refractivity contribution is -0.384. The molecule has 6 nitrogen and oxygen atoms in total. The number of aliphatic hydroxyl groups excluding tert-OH is 1. The molecule has 0 aromatic heterocycles. The first kappa shape index (κ1) is 17.2. The fraction of sp³-hybridized carbons (Fsp3) is 0.364. The second-order valence-corrected chi connectivity index (χ2v) is 4.46. The van der Waals surface area contributed by atoms with Crippen molar-refractivity contribution in [2.45, 2.75) is 6.18 Å². The average Bonchev–Trinajstić information content (AvgIpc) is 2.35. The molecule has 1 rings (SSSR count). The first-order valence-corrected chi connectivity index (χ1v) is 5.93. The van der Waals surface area contributed by atoms with E-state index in [-0.39, 0.29) is 10.6 Å². The van der Waals surface area contributed by atoms with E-state index in [1.807, 2.05) is 0 Å². The van der Waals surface area contributed by atoms with Crippen LogP contribution in [0.1, 0.15) is 10.4 Å². The van der Waals surface area contributed by atoms with Crippen LogP contribution in [0, 0.1) is 10.1 Å². The summed E-state index contributed by atoms with van der Waals surface area (Å²) in [5, 5.41) is 19.2. The quantitative estimate of drug-likeness (QED) is 0.664. The van der Waals surface area contributed by atoms with Crippen molar-refractivity contribution in [3.05, 3.63) is 38.9 Å².